The Balaban J connectivity index is 2.04. The maximum atomic E-state index is 2.32. The first-order chi connectivity index (χ1) is 6.93. The molecule has 3 rings (SSSR count). The van der Waals surface area contributed by atoms with Crippen molar-refractivity contribution < 1.29 is 0 Å². The lowest BCUT2D eigenvalue weighted by Crippen LogP contribution is -2.05. The third-order valence-corrected chi connectivity index (χ3v) is 3.09. The highest BCUT2D eigenvalue weighted by Crippen LogP contribution is 2.36. The zero-order valence-electron chi connectivity index (χ0n) is 8.16. The Morgan fingerprint density at radius 2 is 2.14 bits per heavy atom. The van der Waals surface area contributed by atoms with E-state index in [1.807, 2.05) is 0 Å². The summed E-state index contributed by atoms with van der Waals surface area (Å²) in [6, 6.07) is 0. The molecule has 0 N–H and O–H groups in total. The first-order valence-corrected chi connectivity index (χ1v) is 5.25. The van der Waals surface area contributed by atoms with E-state index in [-0.39, 0.29) is 0 Å². The molecule has 0 unspecified atom stereocenters. The van der Waals surface area contributed by atoms with Gasteiger partial charge in [0.2, 0.25) is 0 Å². The normalized spacial score (nSPS) is 24.0. The Kier molecular flexibility index (Phi) is 1.80. The number of hydrogen-bond acceptors (Lipinski definition) is 0. The Labute approximate surface area is 85.0 Å². The zero-order valence-corrected chi connectivity index (χ0v) is 8.16. The Morgan fingerprint density at radius 3 is 3.14 bits per heavy atom. The van der Waals surface area contributed by atoms with E-state index in [1.165, 1.54) is 29.6 Å². The number of allylic oxidation sites excluding steroid dienone is 10. The molecule has 0 atom stereocenters. The van der Waals surface area contributed by atoms with E-state index < -0.39 is 0 Å². The van der Waals surface area contributed by atoms with Crippen molar-refractivity contribution in [3.63, 3.8) is 0 Å². The molecular weight excluding hydrogens is 168 g/mol. The fourth-order valence-electron chi connectivity index (χ4n) is 2.30. The van der Waals surface area contributed by atoms with Crippen molar-refractivity contribution in [2.45, 2.75) is 19.3 Å². The SMILES string of the molecule is [CH]1C=CC=C2CC3=C(C=CCC3)C=C12. The summed E-state index contributed by atoms with van der Waals surface area (Å²) >= 11 is 0. The predicted molar refractivity (Wildman–Crippen MR) is 59.6 cm³/mol. The maximum Gasteiger partial charge on any atom is 0.0128 e. The quantitative estimate of drug-likeness (QED) is 0.535. The van der Waals surface area contributed by atoms with Crippen LogP contribution in [0, 0.1) is 6.42 Å². The summed E-state index contributed by atoms with van der Waals surface area (Å²) in [6.45, 7) is 0. The molecule has 0 amide bonds. The molecule has 0 heteroatoms. The van der Waals surface area contributed by atoms with Gasteiger partial charge in [0.15, 0.2) is 0 Å². The third-order valence-electron chi connectivity index (χ3n) is 3.09. The largest absolute Gasteiger partial charge is 0.0836 e. The molecule has 0 bridgehead atoms. The van der Waals surface area contributed by atoms with Crippen molar-refractivity contribution in [1.29, 1.82) is 0 Å². The van der Waals surface area contributed by atoms with Crippen LogP contribution < -0.4 is 0 Å². The fraction of sp³-hybridized carbons (Fsp3) is 0.214. The molecule has 0 nitrogen and oxygen atoms in total. The van der Waals surface area contributed by atoms with Gasteiger partial charge in [0.25, 0.3) is 0 Å². The van der Waals surface area contributed by atoms with E-state index in [4.69, 9.17) is 0 Å². The highest BCUT2D eigenvalue weighted by molar-refractivity contribution is 5.58. The maximum absolute atomic E-state index is 2.32. The Hall–Kier alpha value is -1.30. The highest BCUT2D eigenvalue weighted by Gasteiger charge is 2.17. The van der Waals surface area contributed by atoms with Gasteiger partial charge >= 0.3 is 0 Å². The molecule has 3 aliphatic carbocycles. The summed E-state index contributed by atoms with van der Waals surface area (Å²) in [5.41, 5.74) is 5.96. The predicted octanol–water partition coefficient (Wildman–Crippen LogP) is 3.66. The molecule has 0 saturated heterocycles. The molecule has 0 saturated carbocycles. The molecule has 1 radical (unpaired) electrons. The molecule has 14 heavy (non-hydrogen) atoms. The van der Waals surface area contributed by atoms with Gasteiger partial charge in [-0.15, -0.1) is 0 Å². The fourth-order valence-corrected chi connectivity index (χ4v) is 2.30. The van der Waals surface area contributed by atoms with Crippen LogP contribution in [0.25, 0.3) is 0 Å². The van der Waals surface area contributed by atoms with Gasteiger partial charge in [0.1, 0.15) is 0 Å². The first kappa shape index (κ1) is 8.05. The van der Waals surface area contributed by atoms with Crippen molar-refractivity contribution >= 4 is 0 Å². The van der Waals surface area contributed by atoms with Crippen LogP contribution in [0.1, 0.15) is 19.3 Å². The van der Waals surface area contributed by atoms with Crippen molar-refractivity contribution in [3.8, 4) is 0 Å². The summed E-state index contributed by atoms with van der Waals surface area (Å²) < 4.78 is 0. The lowest BCUT2D eigenvalue weighted by Gasteiger charge is -2.24. The molecule has 69 valence electrons. The lowest BCUT2D eigenvalue weighted by molar-refractivity contribution is 0.884. The topological polar surface area (TPSA) is 0 Å². The van der Waals surface area contributed by atoms with Crippen LogP contribution in [-0.2, 0) is 0 Å². The van der Waals surface area contributed by atoms with Gasteiger partial charge in [-0.2, -0.15) is 0 Å². The summed E-state index contributed by atoms with van der Waals surface area (Å²) in [4.78, 5) is 0. The van der Waals surface area contributed by atoms with Crippen molar-refractivity contribution in [2.24, 2.45) is 0 Å². The van der Waals surface area contributed by atoms with Crippen molar-refractivity contribution in [2.75, 3.05) is 0 Å². The minimum Gasteiger partial charge on any atom is -0.0836 e. The van der Waals surface area contributed by atoms with Crippen LogP contribution in [0.5, 0.6) is 0 Å². The first-order valence-electron chi connectivity index (χ1n) is 5.25. The van der Waals surface area contributed by atoms with Gasteiger partial charge in [-0.25, -0.2) is 0 Å². The van der Waals surface area contributed by atoms with Crippen molar-refractivity contribution in [1.82, 2.24) is 0 Å². The van der Waals surface area contributed by atoms with E-state index in [9.17, 15) is 0 Å². The van der Waals surface area contributed by atoms with Gasteiger partial charge in [-0.05, 0) is 36.0 Å². The van der Waals surface area contributed by atoms with E-state index in [0.717, 1.165) is 6.42 Å². The van der Waals surface area contributed by atoms with E-state index >= 15 is 0 Å². The van der Waals surface area contributed by atoms with Gasteiger partial charge in [0.05, 0.1) is 0 Å². The Bertz CT molecular complexity index is 411. The molecule has 3 aliphatic rings. The molecule has 0 aliphatic heterocycles. The lowest BCUT2D eigenvalue weighted by atomic mass is 9.81. The molecule has 0 aromatic rings. The number of fused-ring (bicyclic) bond motifs is 1. The standard InChI is InChI=1S/C14H13/c1-2-6-12-10-14-8-4-3-7-13(14)9-11(12)5-1/h1-3,5-7,9H,4,8,10H2. The molecule has 0 fully saturated rings. The van der Waals surface area contributed by atoms with Crippen LogP contribution in [0.4, 0.5) is 0 Å². The monoisotopic (exact) mass is 181 g/mol. The van der Waals surface area contributed by atoms with Crippen LogP contribution in [0.3, 0.4) is 0 Å². The van der Waals surface area contributed by atoms with Crippen LogP contribution in [0.15, 0.2) is 58.7 Å². The second-order valence-corrected chi connectivity index (χ2v) is 4.02. The highest BCUT2D eigenvalue weighted by atomic mass is 14.2. The number of hydrogen-bond donors (Lipinski definition) is 0. The van der Waals surface area contributed by atoms with E-state index in [2.05, 4.69) is 42.9 Å². The average molecular weight is 181 g/mol. The smallest absolute Gasteiger partial charge is 0.0128 e. The molecule has 0 heterocycles. The van der Waals surface area contributed by atoms with Crippen molar-refractivity contribution in [3.05, 3.63) is 65.2 Å². The van der Waals surface area contributed by atoms with Crippen LogP contribution in [-0.4, -0.2) is 0 Å². The summed E-state index contributed by atoms with van der Waals surface area (Å²) in [7, 11) is 0. The third kappa shape index (κ3) is 1.22. The minimum absolute atomic E-state index is 1.16. The molecule has 0 spiro atoms. The van der Waals surface area contributed by atoms with E-state index in [1.54, 1.807) is 5.57 Å². The summed E-state index contributed by atoms with van der Waals surface area (Å²) in [6.07, 6.45) is 19.2. The van der Waals surface area contributed by atoms with E-state index in [0.29, 0.717) is 0 Å². The number of rotatable bonds is 0. The van der Waals surface area contributed by atoms with Gasteiger partial charge in [-0.3, -0.25) is 0 Å². The molecule has 0 aromatic heterocycles. The van der Waals surface area contributed by atoms with Crippen LogP contribution >= 0.6 is 0 Å². The van der Waals surface area contributed by atoms with Gasteiger partial charge in [-0.1, -0.05) is 42.0 Å². The second kappa shape index (κ2) is 3.13. The van der Waals surface area contributed by atoms with Crippen LogP contribution in [0.2, 0.25) is 0 Å². The second-order valence-electron chi connectivity index (χ2n) is 4.02. The molecular formula is C14H13. The molecule has 0 aromatic carbocycles. The summed E-state index contributed by atoms with van der Waals surface area (Å²) in [5.74, 6) is 0. The van der Waals surface area contributed by atoms with Gasteiger partial charge < -0.3 is 0 Å². The average Bonchev–Trinajstić information content (AvgIpc) is 2.26. The Morgan fingerprint density at radius 1 is 1.14 bits per heavy atom. The van der Waals surface area contributed by atoms with Gasteiger partial charge in [0, 0.05) is 6.42 Å². The zero-order chi connectivity index (χ0) is 9.38. The minimum atomic E-state index is 1.16. The summed E-state index contributed by atoms with van der Waals surface area (Å²) in [5, 5.41) is 0.